The van der Waals surface area contributed by atoms with Gasteiger partial charge in [0, 0.05) is 6.07 Å². The van der Waals surface area contributed by atoms with Gasteiger partial charge in [-0.15, -0.1) is 0 Å². The lowest BCUT2D eigenvalue weighted by molar-refractivity contribution is 0.400. The van der Waals surface area contributed by atoms with Crippen LogP contribution in [0, 0.1) is 5.82 Å². The topological polar surface area (TPSA) is 9.23 Å². The molecule has 0 amide bonds. The van der Waals surface area contributed by atoms with E-state index in [1.54, 1.807) is 7.11 Å². The molecule has 0 atom stereocenters. The quantitative estimate of drug-likeness (QED) is 0.712. The Kier molecular flexibility index (Phi) is 3.93. The van der Waals surface area contributed by atoms with Crippen LogP contribution in [0.1, 0.15) is 38.2 Å². The molecule has 0 aliphatic carbocycles. The van der Waals surface area contributed by atoms with Crippen molar-refractivity contribution in [3.8, 4) is 5.75 Å². The van der Waals surface area contributed by atoms with Crippen LogP contribution in [-0.2, 0) is 0 Å². The molecule has 0 bridgehead atoms. The molecule has 0 unspecified atom stereocenters. The summed E-state index contributed by atoms with van der Waals surface area (Å²) in [6.45, 7) is 4.27. The molecule has 1 nitrogen and oxygen atoms in total. The van der Waals surface area contributed by atoms with Gasteiger partial charge in [0.15, 0.2) is 0 Å². The first kappa shape index (κ1) is 11.0. The average Bonchev–Trinajstić information content (AvgIpc) is 2.21. The van der Waals surface area contributed by atoms with Crippen LogP contribution in [-0.4, -0.2) is 7.11 Å². The summed E-state index contributed by atoms with van der Waals surface area (Å²) in [6.07, 6.45) is 2.11. The van der Waals surface area contributed by atoms with Gasteiger partial charge >= 0.3 is 0 Å². The molecule has 0 aliphatic rings. The maximum atomic E-state index is 12.9. The Morgan fingerprint density at radius 3 is 2.43 bits per heavy atom. The third-order valence-corrected chi connectivity index (χ3v) is 2.62. The van der Waals surface area contributed by atoms with Gasteiger partial charge in [0.05, 0.1) is 7.11 Å². The number of hydrogen-bond acceptors (Lipinski definition) is 1. The standard InChI is InChI=1S/C12H17FO/c1-4-9(5-2)11-7-6-10(13)8-12(11)14-3/h6-9H,4-5H2,1-3H3. The zero-order valence-electron chi connectivity index (χ0n) is 9.01. The van der Waals surface area contributed by atoms with E-state index in [9.17, 15) is 4.39 Å². The molecule has 2 heteroatoms. The first-order valence-corrected chi connectivity index (χ1v) is 5.06. The first-order chi connectivity index (χ1) is 6.72. The largest absolute Gasteiger partial charge is 0.496 e. The summed E-state index contributed by atoms with van der Waals surface area (Å²) in [6, 6.07) is 4.77. The van der Waals surface area contributed by atoms with Crippen LogP contribution >= 0.6 is 0 Å². The van der Waals surface area contributed by atoms with Crippen LogP contribution in [0.2, 0.25) is 0 Å². The summed E-state index contributed by atoms with van der Waals surface area (Å²) in [7, 11) is 1.58. The minimum atomic E-state index is -0.239. The van der Waals surface area contributed by atoms with E-state index in [2.05, 4.69) is 13.8 Å². The number of halogens is 1. The molecule has 0 radical (unpaired) electrons. The maximum absolute atomic E-state index is 12.9. The highest BCUT2D eigenvalue weighted by Crippen LogP contribution is 2.31. The molecule has 0 fully saturated rings. The number of rotatable bonds is 4. The molecule has 1 rings (SSSR count). The second-order valence-corrected chi connectivity index (χ2v) is 3.40. The lowest BCUT2D eigenvalue weighted by atomic mass is 9.93. The van der Waals surface area contributed by atoms with Crippen LogP contribution in [0.3, 0.4) is 0 Å². The molecule has 14 heavy (non-hydrogen) atoms. The second-order valence-electron chi connectivity index (χ2n) is 3.40. The maximum Gasteiger partial charge on any atom is 0.126 e. The molecule has 0 aromatic heterocycles. The fourth-order valence-electron chi connectivity index (χ4n) is 1.75. The zero-order chi connectivity index (χ0) is 10.6. The van der Waals surface area contributed by atoms with Crippen molar-refractivity contribution in [1.82, 2.24) is 0 Å². The van der Waals surface area contributed by atoms with Gasteiger partial charge in [-0.3, -0.25) is 0 Å². The average molecular weight is 196 g/mol. The van der Waals surface area contributed by atoms with E-state index in [0.29, 0.717) is 11.7 Å². The van der Waals surface area contributed by atoms with Gasteiger partial charge in [-0.1, -0.05) is 19.9 Å². The molecule has 0 aliphatic heterocycles. The Hall–Kier alpha value is -1.05. The Morgan fingerprint density at radius 2 is 1.93 bits per heavy atom. The van der Waals surface area contributed by atoms with Crippen LogP contribution in [0.4, 0.5) is 4.39 Å². The summed E-state index contributed by atoms with van der Waals surface area (Å²) in [5.74, 6) is 0.890. The highest BCUT2D eigenvalue weighted by molar-refractivity contribution is 5.36. The highest BCUT2D eigenvalue weighted by atomic mass is 19.1. The Bertz CT molecular complexity index is 292. The fourth-order valence-corrected chi connectivity index (χ4v) is 1.75. The summed E-state index contributed by atoms with van der Waals surface area (Å²) in [5, 5.41) is 0. The predicted octanol–water partition coefficient (Wildman–Crippen LogP) is 3.74. The summed E-state index contributed by atoms with van der Waals surface area (Å²) < 4.78 is 18.1. The zero-order valence-corrected chi connectivity index (χ0v) is 9.01. The molecule has 1 aromatic carbocycles. The van der Waals surface area contributed by atoms with Crippen molar-refractivity contribution in [2.75, 3.05) is 7.11 Å². The molecule has 0 spiro atoms. The summed E-state index contributed by atoms with van der Waals surface area (Å²) in [4.78, 5) is 0. The Balaban J connectivity index is 3.06. The Labute approximate surface area is 84.9 Å². The third kappa shape index (κ3) is 2.25. The molecular formula is C12H17FO. The van der Waals surface area contributed by atoms with Crippen LogP contribution in [0.15, 0.2) is 18.2 Å². The lowest BCUT2D eigenvalue weighted by Gasteiger charge is -2.16. The van der Waals surface area contributed by atoms with E-state index in [-0.39, 0.29) is 5.82 Å². The molecular weight excluding hydrogens is 179 g/mol. The lowest BCUT2D eigenvalue weighted by Crippen LogP contribution is -1.99. The summed E-state index contributed by atoms with van der Waals surface area (Å²) >= 11 is 0. The van der Waals surface area contributed by atoms with Crippen molar-refractivity contribution in [2.45, 2.75) is 32.6 Å². The highest BCUT2D eigenvalue weighted by Gasteiger charge is 2.12. The van der Waals surface area contributed by atoms with E-state index in [1.807, 2.05) is 6.07 Å². The van der Waals surface area contributed by atoms with Crippen molar-refractivity contribution >= 4 is 0 Å². The Morgan fingerprint density at radius 1 is 1.29 bits per heavy atom. The molecule has 1 aromatic rings. The van der Waals surface area contributed by atoms with E-state index in [4.69, 9.17) is 4.74 Å². The third-order valence-electron chi connectivity index (χ3n) is 2.62. The molecule has 0 heterocycles. The second kappa shape index (κ2) is 4.99. The van der Waals surface area contributed by atoms with Gasteiger partial charge in [-0.25, -0.2) is 4.39 Å². The van der Waals surface area contributed by atoms with Crippen LogP contribution in [0.5, 0.6) is 5.75 Å². The van der Waals surface area contributed by atoms with Gasteiger partial charge in [-0.2, -0.15) is 0 Å². The van der Waals surface area contributed by atoms with Crippen molar-refractivity contribution in [3.63, 3.8) is 0 Å². The minimum Gasteiger partial charge on any atom is -0.496 e. The van der Waals surface area contributed by atoms with Gasteiger partial charge in [0.2, 0.25) is 0 Å². The van der Waals surface area contributed by atoms with E-state index >= 15 is 0 Å². The normalized spacial score (nSPS) is 10.6. The summed E-state index contributed by atoms with van der Waals surface area (Å²) in [5.41, 5.74) is 1.11. The SMILES string of the molecule is CCC(CC)c1ccc(F)cc1OC. The van der Waals surface area contributed by atoms with Crippen molar-refractivity contribution in [2.24, 2.45) is 0 Å². The predicted molar refractivity (Wildman–Crippen MR) is 56.3 cm³/mol. The van der Waals surface area contributed by atoms with E-state index in [1.165, 1.54) is 12.1 Å². The van der Waals surface area contributed by atoms with Crippen molar-refractivity contribution in [1.29, 1.82) is 0 Å². The van der Waals surface area contributed by atoms with E-state index < -0.39 is 0 Å². The van der Waals surface area contributed by atoms with Gasteiger partial charge < -0.3 is 4.74 Å². The van der Waals surface area contributed by atoms with Crippen LogP contribution < -0.4 is 4.74 Å². The minimum absolute atomic E-state index is 0.239. The van der Waals surface area contributed by atoms with Crippen molar-refractivity contribution < 1.29 is 9.13 Å². The number of hydrogen-bond donors (Lipinski definition) is 0. The van der Waals surface area contributed by atoms with Gasteiger partial charge in [0.1, 0.15) is 11.6 Å². The van der Waals surface area contributed by atoms with Gasteiger partial charge in [0.25, 0.3) is 0 Å². The fraction of sp³-hybridized carbons (Fsp3) is 0.500. The molecule has 78 valence electrons. The van der Waals surface area contributed by atoms with E-state index in [0.717, 1.165) is 18.4 Å². The number of ether oxygens (including phenoxy) is 1. The first-order valence-electron chi connectivity index (χ1n) is 5.06. The van der Waals surface area contributed by atoms with Gasteiger partial charge in [-0.05, 0) is 30.4 Å². The molecule has 0 saturated carbocycles. The molecule has 0 N–H and O–H groups in total. The number of benzene rings is 1. The number of methoxy groups -OCH3 is 1. The van der Waals surface area contributed by atoms with Crippen LogP contribution in [0.25, 0.3) is 0 Å². The van der Waals surface area contributed by atoms with Crippen molar-refractivity contribution in [3.05, 3.63) is 29.6 Å². The smallest absolute Gasteiger partial charge is 0.126 e. The monoisotopic (exact) mass is 196 g/mol. The molecule has 0 saturated heterocycles.